The lowest BCUT2D eigenvalue weighted by molar-refractivity contribution is -0.141. The van der Waals surface area contributed by atoms with Crippen LogP contribution in [-0.4, -0.2) is 38.5 Å². The molecule has 0 radical (unpaired) electrons. The van der Waals surface area contributed by atoms with Crippen molar-refractivity contribution >= 4 is 11.9 Å². The summed E-state index contributed by atoms with van der Waals surface area (Å²) >= 11 is 0. The SMILES string of the molecule is O=C(O)CC(O)C(O)c1cc(C(=O)O)ccc1F. The summed E-state index contributed by atoms with van der Waals surface area (Å²) in [6, 6.07) is 2.68. The van der Waals surface area contributed by atoms with E-state index in [0.29, 0.717) is 0 Å². The van der Waals surface area contributed by atoms with E-state index >= 15 is 0 Å². The van der Waals surface area contributed by atoms with Gasteiger partial charge < -0.3 is 20.4 Å². The zero-order valence-electron chi connectivity index (χ0n) is 9.08. The Hall–Kier alpha value is -1.99. The molecule has 0 aliphatic heterocycles. The predicted molar refractivity (Wildman–Crippen MR) is 56.6 cm³/mol. The van der Waals surface area contributed by atoms with Gasteiger partial charge in [-0.3, -0.25) is 4.79 Å². The average molecular weight is 258 g/mol. The van der Waals surface area contributed by atoms with E-state index in [1.54, 1.807) is 0 Å². The lowest BCUT2D eigenvalue weighted by atomic mass is 9.99. The number of halogens is 1. The van der Waals surface area contributed by atoms with Gasteiger partial charge in [0.2, 0.25) is 0 Å². The van der Waals surface area contributed by atoms with E-state index in [1.807, 2.05) is 0 Å². The number of hydrogen-bond donors (Lipinski definition) is 4. The quantitative estimate of drug-likeness (QED) is 0.607. The van der Waals surface area contributed by atoms with Crippen LogP contribution in [0.15, 0.2) is 18.2 Å². The average Bonchev–Trinajstić information content (AvgIpc) is 2.27. The van der Waals surface area contributed by atoms with Crippen LogP contribution < -0.4 is 0 Å². The van der Waals surface area contributed by atoms with E-state index in [0.717, 1.165) is 18.2 Å². The zero-order valence-corrected chi connectivity index (χ0v) is 9.08. The number of hydrogen-bond acceptors (Lipinski definition) is 4. The summed E-state index contributed by atoms with van der Waals surface area (Å²) in [5.41, 5.74) is -0.725. The molecule has 1 rings (SSSR count). The van der Waals surface area contributed by atoms with Gasteiger partial charge in [-0.25, -0.2) is 9.18 Å². The molecular formula is C11H11FO6. The molecule has 0 saturated heterocycles. The highest BCUT2D eigenvalue weighted by Gasteiger charge is 2.24. The number of carboxylic acids is 2. The fourth-order valence-electron chi connectivity index (χ4n) is 1.40. The van der Waals surface area contributed by atoms with Gasteiger partial charge in [0.1, 0.15) is 11.9 Å². The number of aromatic carboxylic acids is 1. The van der Waals surface area contributed by atoms with E-state index in [1.165, 1.54) is 0 Å². The second-order valence-corrected chi connectivity index (χ2v) is 3.65. The number of aliphatic hydroxyl groups excluding tert-OH is 2. The van der Waals surface area contributed by atoms with Crippen molar-refractivity contribution in [2.75, 3.05) is 0 Å². The third kappa shape index (κ3) is 3.25. The van der Waals surface area contributed by atoms with Gasteiger partial charge in [0.25, 0.3) is 0 Å². The minimum absolute atomic E-state index is 0.270. The Morgan fingerprint density at radius 3 is 2.33 bits per heavy atom. The Balaban J connectivity index is 3.03. The summed E-state index contributed by atoms with van der Waals surface area (Å²) in [5.74, 6) is -3.61. The van der Waals surface area contributed by atoms with Gasteiger partial charge in [-0.1, -0.05) is 0 Å². The van der Waals surface area contributed by atoms with E-state index in [-0.39, 0.29) is 5.56 Å². The standard InChI is InChI=1S/C11H11FO6/c12-7-2-1-5(11(17)18)3-6(7)10(16)8(13)4-9(14)15/h1-3,8,10,13,16H,4H2,(H,14,15)(H,17,18). The number of rotatable bonds is 5. The summed E-state index contributed by atoms with van der Waals surface area (Å²) in [7, 11) is 0. The Morgan fingerprint density at radius 2 is 1.83 bits per heavy atom. The number of carbonyl (C=O) groups is 2. The summed E-state index contributed by atoms with van der Waals surface area (Å²) < 4.78 is 13.4. The molecule has 98 valence electrons. The van der Waals surface area contributed by atoms with Gasteiger partial charge in [-0.05, 0) is 18.2 Å². The van der Waals surface area contributed by atoms with Crippen LogP contribution in [0.2, 0.25) is 0 Å². The highest BCUT2D eigenvalue weighted by Crippen LogP contribution is 2.23. The Labute approximate surface area is 101 Å². The largest absolute Gasteiger partial charge is 0.481 e. The van der Waals surface area contributed by atoms with Gasteiger partial charge in [0, 0.05) is 5.56 Å². The van der Waals surface area contributed by atoms with Crippen LogP contribution in [0.4, 0.5) is 4.39 Å². The molecule has 0 aliphatic carbocycles. The van der Waals surface area contributed by atoms with Gasteiger partial charge in [0.15, 0.2) is 0 Å². The molecule has 0 heterocycles. The Bertz CT molecular complexity index is 473. The summed E-state index contributed by atoms with van der Waals surface area (Å²) in [4.78, 5) is 21.0. The molecule has 2 unspecified atom stereocenters. The molecule has 0 saturated carbocycles. The van der Waals surface area contributed by atoms with Crippen molar-refractivity contribution in [2.45, 2.75) is 18.6 Å². The molecular weight excluding hydrogens is 247 g/mol. The van der Waals surface area contributed by atoms with Crippen LogP contribution in [-0.2, 0) is 4.79 Å². The van der Waals surface area contributed by atoms with Crippen molar-refractivity contribution in [3.8, 4) is 0 Å². The number of aliphatic carboxylic acids is 1. The molecule has 1 aromatic rings. The third-order valence-corrected chi connectivity index (χ3v) is 2.31. The fourth-order valence-corrected chi connectivity index (χ4v) is 1.40. The van der Waals surface area contributed by atoms with E-state index in [4.69, 9.17) is 10.2 Å². The second kappa shape index (κ2) is 5.56. The first-order chi connectivity index (χ1) is 8.32. The highest BCUT2D eigenvalue weighted by atomic mass is 19.1. The maximum atomic E-state index is 13.4. The second-order valence-electron chi connectivity index (χ2n) is 3.65. The first-order valence-corrected chi connectivity index (χ1v) is 4.93. The van der Waals surface area contributed by atoms with Crippen molar-refractivity contribution < 1.29 is 34.4 Å². The lowest BCUT2D eigenvalue weighted by Gasteiger charge is -2.17. The molecule has 18 heavy (non-hydrogen) atoms. The first-order valence-electron chi connectivity index (χ1n) is 4.93. The van der Waals surface area contributed by atoms with Crippen LogP contribution in [0.5, 0.6) is 0 Å². The molecule has 4 N–H and O–H groups in total. The topological polar surface area (TPSA) is 115 Å². The molecule has 0 aromatic heterocycles. The summed E-state index contributed by atoms with van der Waals surface area (Å²) in [6.07, 6.45) is -4.31. The van der Waals surface area contributed by atoms with E-state index in [9.17, 15) is 24.2 Å². The van der Waals surface area contributed by atoms with Gasteiger partial charge in [0.05, 0.1) is 18.1 Å². The molecule has 0 aliphatic rings. The van der Waals surface area contributed by atoms with Gasteiger partial charge >= 0.3 is 11.9 Å². The predicted octanol–water partition coefficient (Wildman–Crippen LogP) is 0.393. The molecule has 0 fully saturated rings. The van der Waals surface area contributed by atoms with Crippen molar-refractivity contribution in [3.05, 3.63) is 35.1 Å². The van der Waals surface area contributed by atoms with Gasteiger partial charge in [-0.15, -0.1) is 0 Å². The fraction of sp³-hybridized carbons (Fsp3) is 0.273. The maximum Gasteiger partial charge on any atom is 0.335 e. The van der Waals surface area contributed by atoms with Crippen molar-refractivity contribution in [1.82, 2.24) is 0 Å². The molecule has 0 bridgehead atoms. The molecule has 1 aromatic carbocycles. The summed E-state index contributed by atoms with van der Waals surface area (Å²) in [5, 5.41) is 36.1. The van der Waals surface area contributed by atoms with Crippen molar-refractivity contribution in [1.29, 1.82) is 0 Å². The maximum absolute atomic E-state index is 13.4. The molecule has 6 nitrogen and oxygen atoms in total. The molecule has 2 atom stereocenters. The Kier molecular flexibility index (Phi) is 4.35. The number of aliphatic hydroxyl groups is 2. The molecule has 7 heteroatoms. The summed E-state index contributed by atoms with van der Waals surface area (Å²) in [6.45, 7) is 0. The minimum atomic E-state index is -1.81. The van der Waals surface area contributed by atoms with Crippen molar-refractivity contribution in [2.24, 2.45) is 0 Å². The molecule has 0 spiro atoms. The van der Waals surface area contributed by atoms with Crippen LogP contribution >= 0.6 is 0 Å². The third-order valence-electron chi connectivity index (χ3n) is 2.31. The Morgan fingerprint density at radius 1 is 1.22 bits per heavy atom. The van der Waals surface area contributed by atoms with Gasteiger partial charge in [-0.2, -0.15) is 0 Å². The van der Waals surface area contributed by atoms with Crippen LogP contribution in [0, 0.1) is 5.82 Å². The first kappa shape index (κ1) is 14.1. The van der Waals surface area contributed by atoms with Crippen LogP contribution in [0.3, 0.4) is 0 Å². The number of benzene rings is 1. The monoisotopic (exact) mass is 258 g/mol. The normalized spacial score (nSPS) is 13.9. The van der Waals surface area contributed by atoms with Crippen LogP contribution in [0.25, 0.3) is 0 Å². The highest BCUT2D eigenvalue weighted by molar-refractivity contribution is 5.87. The van der Waals surface area contributed by atoms with E-state index < -0.39 is 41.9 Å². The minimum Gasteiger partial charge on any atom is -0.481 e. The lowest BCUT2D eigenvalue weighted by Crippen LogP contribution is -2.23. The molecule has 0 amide bonds. The van der Waals surface area contributed by atoms with E-state index in [2.05, 4.69) is 0 Å². The smallest absolute Gasteiger partial charge is 0.335 e. The van der Waals surface area contributed by atoms with Crippen LogP contribution in [0.1, 0.15) is 28.4 Å². The zero-order chi connectivity index (χ0) is 13.9. The number of carboxylic acid groups (broad SMARTS) is 2. The van der Waals surface area contributed by atoms with Crippen molar-refractivity contribution in [3.63, 3.8) is 0 Å².